The second-order valence-electron chi connectivity index (χ2n) is 6.74. The second kappa shape index (κ2) is 6.81. The molecule has 0 radical (unpaired) electrons. The van der Waals surface area contributed by atoms with Gasteiger partial charge in [0.05, 0.1) is 28.8 Å². The molecule has 6 heteroatoms. The van der Waals surface area contributed by atoms with Gasteiger partial charge in [0.25, 0.3) is 5.91 Å². The highest BCUT2D eigenvalue weighted by Crippen LogP contribution is 2.31. The van der Waals surface area contributed by atoms with Gasteiger partial charge in [0.15, 0.2) is 0 Å². The molecule has 1 aliphatic heterocycles. The Kier molecular flexibility index (Phi) is 4.01. The van der Waals surface area contributed by atoms with Crippen molar-refractivity contribution in [2.75, 3.05) is 6.54 Å². The molecule has 5 heterocycles. The minimum absolute atomic E-state index is 0.0253. The van der Waals surface area contributed by atoms with Crippen LogP contribution in [0.5, 0.6) is 0 Å². The minimum Gasteiger partial charge on any atom is -0.332 e. The SMILES string of the molecule is O=C1c2c(-c3ccncc3)ccnc2CN1CCc1ccc2ncccc2n1. The van der Waals surface area contributed by atoms with E-state index in [1.54, 1.807) is 24.8 Å². The third-order valence-corrected chi connectivity index (χ3v) is 5.01. The molecule has 0 unspecified atom stereocenters. The number of amides is 1. The Morgan fingerprint density at radius 2 is 1.79 bits per heavy atom. The summed E-state index contributed by atoms with van der Waals surface area (Å²) in [6.07, 6.45) is 7.69. The fourth-order valence-corrected chi connectivity index (χ4v) is 3.61. The Hall–Kier alpha value is -3.67. The number of carbonyl (C=O) groups excluding carboxylic acids is 1. The van der Waals surface area contributed by atoms with E-state index in [1.165, 1.54) is 0 Å². The summed E-state index contributed by atoms with van der Waals surface area (Å²) >= 11 is 0. The van der Waals surface area contributed by atoms with Crippen LogP contribution in [0.4, 0.5) is 0 Å². The van der Waals surface area contributed by atoms with E-state index in [0.29, 0.717) is 25.1 Å². The molecule has 0 atom stereocenters. The van der Waals surface area contributed by atoms with Gasteiger partial charge in [0, 0.05) is 43.4 Å². The number of aromatic nitrogens is 4. The number of rotatable bonds is 4. The number of pyridine rings is 4. The van der Waals surface area contributed by atoms with Crippen LogP contribution in [0.3, 0.4) is 0 Å². The Morgan fingerprint density at radius 3 is 2.68 bits per heavy atom. The van der Waals surface area contributed by atoms with Crippen molar-refractivity contribution in [1.29, 1.82) is 0 Å². The molecule has 5 rings (SSSR count). The van der Waals surface area contributed by atoms with Gasteiger partial charge < -0.3 is 4.90 Å². The Labute approximate surface area is 161 Å². The zero-order valence-corrected chi connectivity index (χ0v) is 15.1. The molecule has 136 valence electrons. The zero-order valence-electron chi connectivity index (χ0n) is 15.1. The van der Waals surface area contributed by atoms with Crippen LogP contribution in [-0.4, -0.2) is 37.3 Å². The number of carbonyl (C=O) groups is 1. The topological polar surface area (TPSA) is 71.9 Å². The second-order valence-corrected chi connectivity index (χ2v) is 6.74. The molecule has 0 aromatic carbocycles. The average Bonchev–Trinajstić information content (AvgIpc) is 3.08. The first-order chi connectivity index (χ1) is 13.8. The summed E-state index contributed by atoms with van der Waals surface area (Å²) in [4.78, 5) is 32.4. The standard InChI is InChI=1S/C22H17N5O/c28-22-21-17(15-5-10-23-11-6-15)7-12-25-20(21)14-27(22)13-8-16-3-4-18-19(26-16)2-1-9-24-18/h1-7,9-12H,8,13-14H2. The lowest BCUT2D eigenvalue weighted by molar-refractivity contribution is 0.0780. The van der Waals surface area contributed by atoms with Crippen molar-refractivity contribution in [3.8, 4) is 11.1 Å². The van der Waals surface area contributed by atoms with E-state index in [4.69, 9.17) is 0 Å². The van der Waals surface area contributed by atoms with Crippen LogP contribution in [0, 0.1) is 0 Å². The smallest absolute Gasteiger partial charge is 0.256 e. The molecule has 1 amide bonds. The maximum atomic E-state index is 13.1. The summed E-state index contributed by atoms with van der Waals surface area (Å²) in [6.45, 7) is 1.13. The highest BCUT2D eigenvalue weighted by atomic mass is 16.2. The lowest BCUT2D eigenvalue weighted by atomic mass is 10.0. The van der Waals surface area contributed by atoms with Gasteiger partial charge in [-0.15, -0.1) is 0 Å². The van der Waals surface area contributed by atoms with Gasteiger partial charge in [-0.25, -0.2) is 0 Å². The zero-order chi connectivity index (χ0) is 18.9. The summed E-state index contributed by atoms with van der Waals surface area (Å²) in [5.74, 6) is 0.0253. The Balaban J connectivity index is 1.38. The molecule has 0 N–H and O–H groups in total. The van der Waals surface area contributed by atoms with E-state index in [0.717, 1.165) is 33.5 Å². The molecule has 0 saturated carbocycles. The normalized spacial score (nSPS) is 13.1. The number of hydrogen-bond acceptors (Lipinski definition) is 5. The van der Waals surface area contributed by atoms with Crippen LogP contribution < -0.4 is 0 Å². The fourth-order valence-electron chi connectivity index (χ4n) is 3.61. The maximum absolute atomic E-state index is 13.1. The quantitative estimate of drug-likeness (QED) is 0.553. The summed E-state index contributed by atoms with van der Waals surface area (Å²) in [6, 6.07) is 13.5. The van der Waals surface area contributed by atoms with Gasteiger partial charge in [-0.05, 0) is 53.6 Å². The van der Waals surface area contributed by atoms with Crippen LogP contribution in [0.15, 0.2) is 67.3 Å². The molecular formula is C22H17N5O. The predicted octanol–water partition coefficient (Wildman–Crippen LogP) is 3.29. The minimum atomic E-state index is 0.0253. The van der Waals surface area contributed by atoms with Crippen LogP contribution in [0.2, 0.25) is 0 Å². The number of fused-ring (bicyclic) bond motifs is 2. The monoisotopic (exact) mass is 367 g/mol. The van der Waals surface area contributed by atoms with Crippen LogP contribution >= 0.6 is 0 Å². The average molecular weight is 367 g/mol. The van der Waals surface area contributed by atoms with Gasteiger partial charge >= 0.3 is 0 Å². The van der Waals surface area contributed by atoms with E-state index in [9.17, 15) is 4.79 Å². The maximum Gasteiger partial charge on any atom is 0.256 e. The Morgan fingerprint density at radius 1 is 0.893 bits per heavy atom. The van der Waals surface area contributed by atoms with Crippen molar-refractivity contribution in [2.45, 2.75) is 13.0 Å². The van der Waals surface area contributed by atoms with Crippen molar-refractivity contribution in [2.24, 2.45) is 0 Å². The highest BCUT2D eigenvalue weighted by Gasteiger charge is 2.31. The molecule has 1 aliphatic rings. The number of hydrogen-bond donors (Lipinski definition) is 0. The van der Waals surface area contributed by atoms with Gasteiger partial charge in [0.2, 0.25) is 0 Å². The van der Waals surface area contributed by atoms with Gasteiger partial charge in [-0.2, -0.15) is 0 Å². The third-order valence-electron chi connectivity index (χ3n) is 5.01. The number of nitrogens with zero attached hydrogens (tertiary/aromatic N) is 5. The predicted molar refractivity (Wildman–Crippen MR) is 105 cm³/mol. The lowest BCUT2D eigenvalue weighted by Gasteiger charge is -2.15. The third kappa shape index (κ3) is 2.89. The van der Waals surface area contributed by atoms with Crippen molar-refractivity contribution < 1.29 is 4.79 Å². The first-order valence-corrected chi connectivity index (χ1v) is 9.18. The lowest BCUT2D eigenvalue weighted by Crippen LogP contribution is -2.26. The van der Waals surface area contributed by atoms with Crippen molar-refractivity contribution in [1.82, 2.24) is 24.8 Å². The molecular weight excluding hydrogens is 350 g/mol. The molecule has 4 aromatic rings. The first-order valence-electron chi connectivity index (χ1n) is 9.18. The summed E-state index contributed by atoms with van der Waals surface area (Å²) in [7, 11) is 0. The molecule has 0 bridgehead atoms. The summed E-state index contributed by atoms with van der Waals surface area (Å²) in [5.41, 5.74) is 6.12. The molecule has 0 saturated heterocycles. The molecule has 28 heavy (non-hydrogen) atoms. The van der Waals surface area contributed by atoms with Crippen LogP contribution in [0.25, 0.3) is 22.2 Å². The van der Waals surface area contributed by atoms with Crippen LogP contribution in [0.1, 0.15) is 21.7 Å². The summed E-state index contributed by atoms with van der Waals surface area (Å²) in [5, 5.41) is 0. The largest absolute Gasteiger partial charge is 0.332 e. The molecule has 0 fully saturated rings. The Bertz CT molecular complexity index is 1180. The fraction of sp³-hybridized carbons (Fsp3) is 0.136. The van der Waals surface area contributed by atoms with E-state index >= 15 is 0 Å². The molecule has 0 spiro atoms. The van der Waals surface area contributed by atoms with E-state index < -0.39 is 0 Å². The van der Waals surface area contributed by atoms with Crippen molar-refractivity contribution >= 4 is 16.9 Å². The molecule has 0 aliphatic carbocycles. The first kappa shape index (κ1) is 16.5. The van der Waals surface area contributed by atoms with Crippen LogP contribution in [-0.2, 0) is 13.0 Å². The highest BCUT2D eigenvalue weighted by molar-refractivity contribution is 6.04. The van der Waals surface area contributed by atoms with E-state index in [2.05, 4.69) is 19.9 Å². The van der Waals surface area contributed by atoms with E-state index in [-0.39, 0.29) is 5.91 Å². The van der Waals surface area contributed by atoms with Gasteiger partial charge in [-0.3, -0.25) is 24.7 Å². The van der Waals surface area contributed by atoms with E-state index in [1.807, 2.05) is 47.4 Å². The molecule has 6 nitrogen and oxygen atoms in total. The molecule has 4 aromatic heterocycles. The van der Waals surface area contributed by atoms with Crippen molar-refractivity contribution in [3.63, 3.8) is 0 Å². The van der Waals surface area contributed by atoms with Gasteiger partial charge in [-0.1, -0.05) is 0 Å². The van der Waals surface area contributed by atoms with Crippen molar-refractivity contribution in [3.05, 3.63) is 84.2 Å². The summed E-state index contributed by atoms with van der Waals surface area (Å²) < 4.78 is 0. The van der Waals surface area contributed by atoms with Gasteiger partial charge in [0.1, 0.15) is 0 Å².